The maximum absolute atomic E-state index is 4.80. The van der Waals surface area contributed by atoms with Crippen LogP contribution in [0.1, 0.15) is 32.0 Å². The third-order valence-corrected chi connectivity index (χ3v) is 4.31. The van der Waals surface area contributed by atoms with Crippen LogP contribution < -0.4 is 5.32 Å². The van der Waals surface area contributed by atoms with Crippen LogP contribution in [0, 0.1) is 16.4 Å². The van der Waals surface area contributed by atoms with Crippen molar-refractivity contribution in [2.45, 2.75) is 34.1 Å². The van der Waals surface area contributed by atoms with Gasteiger partial charge in [-0.05, 0) is 48.8 Å². The molecule has 112 valence electrons. The van der Waals surface area contributed by atoms with E-state index in [9.17, 15) is 0 Å². The minimum atomic E-state index is 0.578. The molecule has 21 heavy (non-hydrogen) atoms. The molecule has 1 aromatic heterocycles. The molecule has 0 aliphatic carbocycles. The molecule has 1 heterocycles. The van der Waals surface area contributed by atoms with Crippen LogP contribution in [0.5, 0.6) is 0 Å². The average molecular weight is 395 g/mol. The van der Waals surface area contributed by atoms with Crippen LogP contribution in [0.25, 0.3) is 11.4 Å². The molecule has 1 N–H and O–H groups in total. The first-order valence-corrected chi connectivity index (χ1v) is 8.46. The summed E-state index contributed by atoms with van der Waals surface area (Å²) in [5.41, 5.74) is 3.45. The minimum Gasteiger partial charge on any atom is -0.369 e. The standard InChI is InChI=1S/C17H22IN3/c1-5-19-17-15(18)14(10-11(2)3)20-16(21-17)13-8-6-12(4)7-9-13/h6-9,11H,5,10H2,1-4H3,(H,19,20,21). The molecule has 0 amide bonds. The van der Waals surface area contributed by atoms with Crippen LogP contribution in [0.4, 0.5) is 5.82 Å². The largest absolute Gasteiger partial charge is 0.369 e. The molecule has 3 nitrogen and oxygen atoms in total. The molecule has 0 saturated carbocycles. The number of rotatable bonds is 5. The van der Waals surface area contributed by atoms with E-state index in [1.165, 1.54) is 5.56 Å². The molecule has 2 aromatic rings. The van der Waals surface area contributed by atoms with E-state index in [-0.39, 0.29) is 0 Å². The van der Waals surface area contributed by atoms with Crippen molar-refractivity contribution in [1.82, 2.24) is 9.97 Å². The highest BCUT2D eigenvalue weighted by atomic mass is 127. The number of nitrogens with zero attached hydrogens (tertiary/aromatic N) is 2. The quantitative estimate of drug-likeness (QED) is 0.747. The number of aromatic nitrogens is 2. The average Bonchev–Trinajstić information content (AvgIpc) is 2.43. The highest BCUT2D eigenvalue weighted by molar-refractivity contribution is 14.1. The highest BCUT2D eigenvalue weighted by Crippen LogP contribution is 2.25. The molecular weight excluding hydrogens is 373 g/mol. The smallest absolute Gasteiger partial charge is 0.161 e. The summed E-state index contributed by atoms with van der Waals surface area (Å²) >= 11 is 2.35. The maximum atomic E-state index is 4.80. The molecule has 0 bridgehead atoms. The van der Waals surface area contributed by atoms with Gasteiger partial charge in [0.05, 0.1) is 9.26 Å². The highest BCUT2D eigenvalue weighted by Gasteiger charge is 2.14. The predicted molar refractivity (Wildman–Crippen MR) is 97.6 cm³/mol. The number of benzene rings is 1. The summed E-state index contributed by atoms with van der Waals surface area (Å²) in [6, 6.07) is 8.39. The van der Waals surface area contributed by atoms with Crippen LogP contribution in [-0.4, -0.2) is 16.5 Å². The molecule has 0 spiro atoms. The van der Waals surface area contributed by atoms with E-state index in [0.29, 0.717) is 5.92 Å². The van der Waals surface area contributed by atoms with Crippen molar-refractivity contribution in [3.8, 4) is 11.4 Å². The Morgan fingerprint density at radius 1 is 1.14 bits per heavy atom. The van der Waals surface area contributed by atoms with Gasteiger partial charge in [-0.1, -0.05) is 43.7 Å². The Kier molecular flexibility index (Phi) is 5.56. The van der Waals surface area contributed by atoms with Crippen molar-refractivity contribution in [2.24, 2.45) is 5.92 Å². The van der Waals surface area contributed by atoms with Crippen molar-refractivity contribution >= 4 is 28.4 Å². The first kappa shape index (κ1) is 16.2. The lowest BCUT2D eigenvalue weighted by molar-refractivity contribution is 0.632. The zero-order valence-corrected chi connectivity index (χ0v) is 15.2. The van der Waals surface area contributed by atoms with E-state index in [1.54, 1.807) is 0 Å². The first-order chi connectivity index (χ1) is 10.0. The van der Waals surface area contributed by atoms with Gasteiger partial charge in [-0.3, -0.25) is 0 Å². The Bertz CT molecular complexity index is 606. The van der Waals surface area contributed by atoms with Crippen LogP contribution >= 0.6 is 22.6 Å². The van der Waals surface area contributed by atoms with Crippen LogP contribution in [0.2, 0.25) is 0 Å². The summed E-state index contributed by atoms with van der Waals surface area (Å²) in [7, 11) is 0. The zero-order chi connectivity index (χ0) is 15.4. The third-order valence-electron chi connectivity index (χ3n) is 3.18. The van der Waals surface area contributed by atoms with Gasteiger partial charge in [-0.2, -0.15) is 0 Å². The second kappa shape index (κ2) is 7.20. The van der Waals surface area contributed by atoms with Gasteiger partial charge in [0.15, 0.2) is 5.82 Å². The fourth-order valence-corrected chi connectivity index (χ4v) is 2.78. The minimum absolute atomic E-state index is 0.578. The number of hydrogen-bond donors (Lipinski definition) is 1. The molecule has 0 unspecified atom stereocenters. The van der Waals surface area contributed by atoms with Gasteiger partial charge in [0.2, 0.25) is 0 Å². The number of aryl methyl sites for hydroxylation is 1. The Morgan fingerprint density at radius 2 is 1.81 bits per heavy atom. The summed E-state index contributed by atoms with van der Waals surface area (Å²) in [5.74, 6) is 2.33. The lowest BCUT2D eigenvalue weighted by Crippen LogP contribution is -2.09. The van der Waals surface area contributed by atoms with Crippen molar-refractivity contribution < 1.29 is 0 Å². The van der Waals surface area contributed by atoms with Crippen molar-refractivity contribution in [3.05, 3.63) is 39.1 Å². The maximum Gasteiger partial charge on any atom is 0.161 e. The van der Waals surface area contributed by atoms with Gasteiger partial charge in [-0.15, -0.1) is 0 Å². The molecule has 0 atom stereocenters. The van der Waals surface area contributed by atoms with Crippen LogP contribution in [0.3, 0.4) is 0 Å². The molecule has 1 aromatic carbocycles. The van der Waals surface area contributed by atoms with Crippen molar-refractivity contribution in [3.63, 3.8) is 0 Å². The number of hydrogen-bond acceptors (Lipinski definition) is 3. The van der Waals surface area contributed by atoms with E-state index in [1.807, 2.05) is 0 Å². The SMILES string of the molecule is CCNc1nc(-c2ccc(C)cc2)nc(CC(C)C)c1I. The van der Waals surface area contributed by atoms with Crippen molar-refractivity contribution in [1.29, 1.82) is 0 Å². The topological polar surface area (TPSA) is 37.8 Å². The van der Waals surface area contributed by atoms with Crippen molar-refractivity contribution in [2.75, 3.05) is 11.9 Å². The van der Waals surface area contributed by atoms with Gasteiger partial charge in [-0.25, -0.2) is 9.97 Å². The molecule has 0 saturated heterocycles. The van der Waals surface area contributed by atoms with E-state index < -0.39 is 0 Å². The fraction of sp³-hybridized carbons (Fsp3) is 0.412. The number of anilines is 1. The lowest BCUT2D eigenvalue weighted by Gasteiger charge is -2.13. The number of halogens is 1. The van der Waals surface area contributed by atoms with Crippen LogP contribution in [-0.2, 0) is 6.42 Å². The fourth-order valence-electron chi connectivity index (χ4n) is 2.13. The van der Waals surface area contributed by atoms with Gasteiger partial charge in [0, 0.05) is 12.1 Å². The van der Waals surface area contributed by atoms with E-state index in [2.05, 4.69) is 79.9 Å². The monoisotopic (exact) mass is 395 g/mol. The summed E-state index contributed by atoms with van der Waals surface area (Å²) in [6.07, 6.45) is 0.970. The van der Waals surface area contributed by atoms with E-state index in [0.717, 1.165) is 39.4 Å². The Morgan fingerprint density at radius 3 is 2.38 bits per heavy atom. The summed E-state index contributed by atoms with van der Waals surface area (Å²) in [4.78, 5) is 9.50. The molecule has 4 heteroatoms. The van der Waals surface area contributed by atoms with Crippen LogP contribution in [0.15, 0.2) is 24.3 Å². The summed E-state index contributed by atoms with van der Waals surface area (Å²) < 4.78 is 1.14. The normalized spacial score (nSPS) is 11.0. The third kappa shape index (κ3) is 4.15. The van der Waals surface area contributed by atoms with E-state index in [4.69, 9.17) is 9.97 Å². The van der Waals surface area contributed by atoms with Gasteiger partial charge in [0.25, 0.3) is 0 Å². The molecule has 2 rings (SSSR count). The molecular formula is C17H22IN3. The zero-order valence-electron chi connectivity index (χ0n) is 13.1. The second-order valence-electron chi connectivity index (χ2n) is 5.65. The molecule has 0 aliphatic rings. The van der Waals surface area contributed by atoms with Gasteiger partial charge >= 0.3 is 0 Å². The summed E-state index contributed by atoms with van der Waals surface area (Å²) in [6.45, 7) is 9.48. The summed E-state index contributed by atoms with van der Waals surface area (Å²) in [5, 5.41) is 3.35. The predicted octanol–water partition coefficient (Wildman–Crippen LogP) is 4.69. The molecule has 0 aliphatic heterocycles. The van der Waals surface area contributed by atoms with Gasteiger partial charge < -0.3 is 5.32 Å². The molecule has 0 radical (unpaired) electrons. The van der Waals surface area contributed by atoms with E-state index >= 15 is 0 Å². The Hall–Kier alpha value is -1.17. The number of nitrogens with one attached hydrogen (secondary N) is 1. The second-order valence-corrected chi connectivity index (χ2v) is 6.73. The molecule has 0 fully saturated rings. The Balaban J connectivity index is 2.49. The Labute approximate surface area is 140 Å². The van der Waals surface area contributed by atoms with Gasteiger partial charge in [0.1, 0.15) is 5.82 Å². The lowest BCUT2D eigenvalue weighted by atomic mass is 10.1. The first-order valence-electron chi connectivity index (χ1n) is 7.38.